The van der Waals surface area contributed by atoms with Crippen LogP contribution in [0.4, 0.5) is 0 Å². The molecule has 0 unspecified atom stereocenters. The van der Waals surface area contributed by atoms with E-state index in [9.17, 15) is 0 Å². The molecule has 1 aliphatic rings. The van der Waals surface area contributed by atoms with Crippen LogP contribution in [0.5, 0.6) is 0 Å². The molecule has 3 rings (SSSR count). The summed E-state index contributed by atoms with van der Waals surface area (Å²) in [4.78, 5) is 2.57. The first kappa shape index (κ1) is 14.5. The lowest BCUT2D eigenvalue weighted by atomic mass is 10.1. The van der Waals surface area contributed by atoms with Gasteiger partial charge in [0.1, 0.15) is 0 Å². The molecule has 0 aliphatic carbocycles. The third-order valence-electron chi connectivity index (χ3n) is 4.38. The first-order valence-electron chi connectivity index (χ1n) is 8.26. The Labute approximate surface area is 127 Å². The van der Waals surface area contributed by atoms with Crippen LogP contribution in [0.25, 0.3) is 10.9 Å². The minimum absolute atomic E-state index is 0.862. The van der Waals surface area contributed by atoms with Crippen LogP contribution in [-0.4, -0.2) is 40.9 Å². The zero-order chi connectivity index (χ0) is 14.5. The summed E-state index contributed by atoms with van der Waals surface area (Å²) < 4.78 is 2.09. The van der Waals surface area contributed by atoms with E-state index in [1.807, 2.05) is 0 Å². The van der Waals surface area contributed by atoms with Gasteiger partial charge in [0.05, 0.1) is 11.2 Å². The lowest BCUT2D eigenvalue weighted by Crippen LogP contribution is -2.35. The third kappa shape index (κ3) is 3.44. The summed E-state index contributed by atoms with van der Waals surface area (Å²) in [6.07, 6.45) is 4.14. The number of para-hydroxylation sites is 1. The number of nitrogens with one attached hydrogen (secondary N) is 1. The normalized spacial score (nSPS) is 16.6. The van der Waals surface area contributed by atoms with E-state index in [1.54, 1.807) is 0 Å². The number of likely N-dealkylation sites (tertiary alicyclic amines) is 1. The smallest absolute Gasteiger partial charge is 0.0841 e. The maximum absolute atomic E-state index is 4.73. The molecule has 4 nitrogen and oxygen atoms in total. The Hall–Kier alpha value is -1.39. The van der Waals surface area contributed by atoms with Crippen molar-refractivity contribution in [3.8, 4) is 0 Å². The minimum atomic E-state index is 0.862. The quantitative estimate of drug-likeness (QED) is 0.829. The van der Waals surface area contributed by atoms with E-state index < -0.39 is 0 Å². The highest BCUT2D eigenvalue weighted by molar-refractivity contribution is 5.81. The van der Waals surface area contributed by atoms with Crippen molar-refractivity contribution >= 4 is 10.9 Å². The molecule has 1 aromatic heterocycles. The molecular formula is C17H26N4. The summed E-state index contributed by atoms with van der Waals surface area (Å²) in [5, 5.41) is 9.58. The van der Waals surface area contributed by atoms with Crippen LogP contribution in [0.2, 0.25) is 0 Å². The first-order valence-corrected chi connectivity index (χ1v) is 8.26. The molecule has 1 N–H and O–H groups in total. The molecule has 4 heteroatoms. The first-order chi connectivity index (χ1) is 10.4. The monoisotopic (exact) mass is 286 g/mol. The molecule has 0 radical (unpaired) electrons. The highest BCUT2D eigenvalue weighted by Gasteiger charge is 2.10. The van der Waals surface area contributed by atoms with Crippen LogP contribution in [0.3, 0.4) is 0 Å². The number of benzene rings is 1. The Kier molecular flexibility index (Phi) is 4.88. The highest BCUT2D eigenvalue weighted by Crippen LogP contribution is 2.18. The van der Waals surface area contributed by atoms with Gasteiger partial charge in [-0.05, 0) is 38.9 Å². The second-order valence-corrected chi connectivity index (χ2v) is 5.86. The molecule has 0 amide bonds. The molecule has 1 fully saturated rings. The van der Waals surface area contributed by atoms with Crippen molar-refractivity contribution < 1.29 is 0 Å². The number of fused-ring (bicyclic) bond motifs is 1. The van der Waals surface area contributed by atoms with Gasteiger partial charge in [-0.15, -0.1) is 0 Å². The summed E-state index contributed by atoms with van der Waals surface area (Å²) in [5.74, 6) is 0. The zero-order valence-corrected chi connectivity index (χ0v) is 13.0. The van der Waals surface area contributed by atoms with Crippen molar-refractivity contribution in [1.29, 1.82) is 0 Å². The van der Waals surface area contributed by atoms with Crippen LogP contribution < -0.4 is 5.32 Å². The van der Waals surface area contributed by atoms with Gasteiger partial charge in [0.25, 0.3) is 0 Å². The zero-order valence-electron chi connectivity index (χ0n) is 13.0. The van der Waals surface area contributed by atoms with Crippen molar-refractivity contribution in [1.82, 2.24) is 20.0 Å². The Morgan fingerprint density at radius 2 is 1.95 bits per heavy atom. The maximum atomic E-state index is 4.73. The molecule has 2 aromatic rings. The predicted molar refractivity (Wildman–Crippen MR) is 87.4 cm³/mol. The van der Waals surface area contributed by atoms with E-state index >= 15 is 0 Å². The number of piperidine rings is 1. The van der Waals surface area contributed by atoms with Gasteiger partial charge in [0.2, 0.25) is 0 Å². The molecule has 0 spiro atoms. The molecule has 2 heterocycles. The van der Waals surface area contributed by atoms with Crippen LogP contribution in [-0.2, 0) is 13.1 Å². The fourth-order valence-electron chi connectivity index (χ4n) is 3.19. The fraction of sp³-hybridized carbons (Fsp3) is 0.588. The number of rotatable bonds is 6. The van der Waals surface area contributed by atoms with Gasteiger partial charge in [-0.25, -0.2) is 0 Å². The summed E-state index contributed by atoms with van der Waals surface area (Å²) in [6, 6.07) is 8.52. The molecule has 114 valence electrons. The second kappa shape index (κ2) is 7.05. The Bertz CT molecular complexity index is 569. The Morgan fingerprint density at radius 1 is 1.14 bits per heavy atom. The molecule has 0 atom stereocenters. The van der Waals surface area contributed by atoms with Gasteiger partial charge in [0, 0.05) is 31.6 Å². The topological polar surface area (TPSA) is 33.1 Å². The van der Waals surface area contributed by atoms with Crippen molar-refractivity contribution in [3.05, 3.63) is 30.0 Å². The van der Waals surface area contributed by atoms with Gasteiger partial charge >= 0.3 is 0 Å². The van der Waals surface area contributed by atoms with Crippen molar-refractivity contribution in [3.63, 3.8) is 0 Å². The number of hydrogen-bond acceptors (Lipinski definition) is 3. The predicted octanol–water partition coefficient (Wildman–Crippen LogP) is 2.63. The average molecular weight is 286 g/mol. The van der Waals surface area contributed by atoms with Crippen LogP contribution in [0.1, 0.15) is 31.9 Å². The maximum Gasteiger partial charge on any atom is 0.0841 e. The van der Waals surface area contributed by atoms with Gasteiger partial charge in [-0.2, -0.15) is 5.10 Å². The summed E-state index contributed by atoms with van der Waals surface area (Å²) in [6.45, 7) is 8.69. The van der Waals surface area contributed by atoms with Gasteiger partial charge in [-0.3, -0.25) is 4.68 Å². The largest absolute Gasteiger partial charge is 0.310 e. The van der Waals surface area contributed by atoms with Crippen molar-refractivity contribution in [2.45, 2.75) is 39.3 Å². The highest BCUT2D eigenvalue weighted by atomic mass is 15.3. The number of aromatic nitrogens is 2. The molecule has 1 aromatic carbocycles. The number of aryl methyl sites for hydroxylation is 1. The SMILES string of the molecule is CCn1nc(CNCCN2CCCCC2)c2ccccc21. The van der Waals surface area contributed by atoms with E-state index in [2.05, 4.69) is 46.1 Å². The van der Waals surface area contributed by atoms with E-state index in [0.717, 1.165) is 26.2 Å². The third-order valence-corrected chi connectivity index (χ3v) is 4.38. The lowest BCUT2D eigenvalue weighted by Gasteiger charge is -2.26. The van der Waals surface area contributed by atoms with Gasteiger partial charge in [0.15, 0.2) is 0 Å². The molecule has 21 heavy (non-hydrogen) atoms. The molecule has 1 saturated heterocycles. The summed E-state index contributed by atoms with van der Waals surface area (Å²) in [5.41, 5.74) is 2.42. The minimum Gasteiger partial charge on any atom is -0.310 e. The van der Waals surface area contributed by atoms with Gasteiger partial charge in [-0.1, -0.05) is 24.6 Å². The van der Waals surface area contributed by atoms with Crippen molar-refractivity contribution in [2.75, 3.05) is 26.2 Å². The summed E-state index contributed by atoms with van der Waals surface area (Å²) >= 11 is 0. The fourth-order valence-corrected chi connectivity index (χ4v) is 3.19. The Morgan fingerprint density at radius 3 is 2.76 bits per heavy atom. The van der Waals surface area contributed by atoms with E-state index in [0.29, 0.717) is 0 Å². The van der Waals surface area contributed by atoms with Crippen LogP contribution >= 0.6 is 0 Å². The number of nitrogens with zero attached hydrogens (tertiary/aromatic N) is 3. The molecular weight excluding hydrogens is 260 g/mol. The number of hydrogen-bond donors (Lipinski definition) is 1. The molecule has 0 saturated carbocycles. The van der Waals surface area contributed by atoms with E-state index in [4.69, 9.17) is 5.10 Å². The van der Waals surface area contributed by atoms with E-state index in [1.165, 1.54) is 48.9 Å². The standard InChI is InChI=1S/C17H26N4/c1-2-21-17-9-5-4-8-15(17)16(19-21)14-18-10-13-20-11-6-3-7-12-20/h4-5,8-9,18H,2-3,6-7,10-14H2,1H3. The molecule has 1 aliphatic heterocycles. The summed E-state index contributed by atoms with van der Waals surface area (Å²) in [7, 11) is 0. The average Bonchev–Trinajstić information content (AvgIpc) is 2.91. The second-order valence-electron chi connectivity index (χ2n) is 5.86. The lowest BCUT2D eigenvalue weighted by molar-refractivity contribution is 0.229. The van der Waals surface area contributed by atoms with E-state index in [-0.39, 0.29) is 0 Å². The van der Waals surface area contributed by atoms with Crippen LogP contribution in [0, 0.1) is 0 Å². The van der Waals surface area contributed by atoms with Crippen molar-refractivity contribution in [2.24, 2.45) is 0 Å². The van der Waals surface area contributed by atoms with Gasteiger partial charge < -0.3 is 10.2 Å². The Balaban J connectivity index is 1.55. The molecule has 0 bridgehead atoms. The van der Waals surface area contributed by atoms with Crippen LogP contribution in [0.15, 0.2) is 24.3 Å².